The number of aromatic nitrogens is 2. The second-order valence-electron chi connectivity index (χ2n) is 6.41. The Labute approximate surface area is 156 Å². The minimum absolute atomic E-state index is 0.375. The predicted molar refractivity (Wildman–Crippen MR) is 106 cm³/mol. The van der Waals surface area contributed by atoms with Crippen molar-refractivity contribution in [1.29, 1.82) is 0 Å². The highest BCUT2D eigenvalue weighted by Crippen LogP contribution is 2.03. The summed E-state index contributed by atoms with van der Waals surface area (Å²) >= 11 is 0. The van der Waals surface area contributed by atoms with Crippen molar-refractivity contribution < 1.29 is 4.74 Å². The molecule has 1 unspecified atom stereocenters. The van der Waals surface area contributed by atoms with Crippen LogP contribution in [0, 0.1) is 5.92 Å². The van der Waals surface area contributed by atoms with Crippen molar-refractivity contribution in [1.82, 2.24) is 20.2 Å². The molecule has 1 atom stereocenters. The Morgan fingerprint density at radius 3 is 2.85 bits per heavy atom. The van der Waals surface area contributed by atoms with Crippen LogP contribution in [-0.4, -0.2) is 41.8 Å². The summed E-state index contributed by atoms with van der Waals surface area (Å²) in [5, 5.41) is 6.68. The van der Waals surface area contributed by atoms with E-state index < -0.39 is 0 Å². The summed E-state index contributed by atoms with van der Waals surface area (Å²) in [4.78, 5) is 8.72. The summed E-state index contributed by atoms with van der Waals surface area (Å²) in [5.41, 5.74) is 1.20. The third-order valence-electron chi connectivity index (χ3n) is 3.86. The Morgan fingerprint density at radius 2 is 2.12 bits per heavy atom. The number of hydrogen-bond donors (Lipinski definition) is 2. The SMILES string of the molecule is CCNC(=NCC(C)COCc1ccccc1)NCCCn1ccnc1. The van der Waals surface area contributed by atoms with Gasteiger partial charge in [0, 0.05) is 38.6 Å². The lowest BCUT2D eigenvalue weighted by Gasteiger charge is -2.14. The molecule has 2 aromatic rings. The predicted octanol–water partition coefficient (Wildman–Crippen LogP) is 2.68. The van der Waals surface area contributed by atoms with Crippen LogP contribution in [0.15, 0.2) is 54.0 Å². The molecule has 0 amide bonds. The van der Waals surface area contributed by atoms with Crippen molar-refractivity contribution in [2.45, 2.75) is 33.4 Å². The fraction of sp³-hybridized carbons (Fsp3) is 0.500. The first-order chi connectivity index (χ1) is 12.8. The summed E-state index contributed by atoms with van der Waals surface area (Å²) in [6.07, 6.45) is 6.66. The highest BCUT2D eigenvalue weighted by Gasteiger charge is 2.04. The first-order valence-electron chi connectivity index (χ1n) is 9.37. The van der Waals surface area contributed by atoms with Crippen molar-refractivity contribution in [2.24, 2.45) is 10.9 Å². The smallest absolute Gasteiger partial charge is 0.191 e. The molecule has 0 saturated carbocycles. The first kappa shape index (κ1) is 20.0. The zero-order valence-electron chi connectivity index (χ0n) is 15.9. The van der Waals surface area contributed by atoms with E-state index in [-0.39, 0.29) is 0 Å². The van der Waals surface area contributed by atoms with E-state index in [4.69, 9.17) is 4.74 Å². The van der Waals surface area contributed by atoms with Crippen molar-refractivity contribution in [3.05, 3.63) is 54.6 Å². The summed E-state index contributed by atoms with van der Waals surface area (Å²) in [7, 11) is 0. The number of aliphatic imine (C=N–C) groups is 1. The normalized spacial score (nSPS) is 12.8. The van der Waals surface area contributed by atoms with Gasteiger partial charge in [0.15, 0.2) is 5.96 Å². The van der Waals surface area contributed by atoms with E-state index >= 15 is 0 Å². The fourth-order valence-electron chi connectivity index (χ4n) is 2.48. The first-order valence-corrected chi connectivity index (χ1v) is 9.37. The molecule has 0 aliphatic heterocycles. The molecule has 6 nitrogen and oxygen atoms in total. The zero-order valence-corrected chi connectivity index (χ0v) is 15.9. The van der Waals surface area contributed by atoms with E-state index in [1.807, 2.05) is 30.7 Å². The van der Waals surface area contributed by atoms with Gasteiger partial charge in [-0.25, -0.2) is 4.98 Å². The van der Waals surface area contributed by atoms with Crippen LogP contribution in [0.5, 0.6) is 0 Å². The van der Waals surface area contributed by atoms with E-state index in [1.165, 1.54) is 5.56 Å². The fourth-order valence-corrected chi connectivity index (χ4v) is 2.48. The summed E-state index contributed by atoms with van der Waals surface area (Å²) < 4.78 is 7.88. The molecule has 0 spiro atoms. The highest BCUT2D eigenvalue weighted by molar-refractivity contribution is 5.79. The molecular weight excluding hydrogens is 326 g/mol. The summed E-state index contributed by atoms with van der Waals surface area (Å²) in [6.45, 7) is 9.03. The van der Waals surface area contributed by atoms with Gasteiger partial charge in [-0.3, -0.25) is 4.99 Å². The average molecular weight is 358 g/mol. The van der Waals surface area contributed by atoms with Crippen LogP contribution in [0.3, 0.4) is 0 Å². The van der Waals surface area contributed by atoms with Gasteiger partial charge < -0.3 is 19.9 Å². The van der Waals surface area contributed by atoms with E-state index in [0.29, 0.717) is 19.1 Å². The average Bonchev–Trinajstić information content (AvgIpc) is 3.17. The van der Waals surface area contributed by atoms with Crippen LogP contribution in [0.4, 0.5) is 0 Å². The van der Waals surface area contributed by atoms with Crippen LogP contribution in [0.2, 0.25) is 0 Å². The van der Waals surface area contributed by atoms with Gasteiger partial charge in [0.25, 0.3) is 0 Å². The van der Waals surface area contributed by atoms with E-state index in [0.717, 1.165) is 38.6 Å². The molecule has 0 bridgehead atoms. The number of nitrogens with one attached hydrogen (secondary N) is 2. The van der Waals surface area contributed by atoms with Crippen LogP contribution in [-0.2, 0) is 17.9 Å². The molecule has 26 heavy (non-hydrogen) atoms. The number of guanidine groups is 1. The Kier molecular flexibility index (Phi) is 9.29. The largest absolute Gasteiger partial charge is 0.376 e. The Balaban J connectivity index is 1.64. The van der Waals surface area contributed by atoms with E-state index in [2.05, 4.69) is 51.2 Å². The third-order valence-corrected chi connectivity index (χ3v) is 3.86. The molecule has 0 aliphatic carbocycles. The number of ether oxygens (including phenoxy) is 1. The van der Waals surface area contributed by atoms with Crippen molar-refractivity contribution in [3.63, 3.8) is 0 Å². The molecule has 0 radical (unpaired) electrons. The van der Waals surface area contributed by atoms with Gasteiger partial charge in [-0.05, 0) is 24.8 Å². The summed E-state index contributed by atoms with van der Waals surface area (Å²) in [6, 6.07) is 10.3. The van der Waals surface area contributed by atoms with E-state index in [9.17, 15) is 0 Å². The van der Waals surface area contributed by atoms with Gasteiger partial charge >= 0.3 is 0 Å². The van der Waals surface area contributed by atoms with Crippen molar-refractivity contribution in [3.8, 4) is 0 Å². The molecule has 2 rings (SSSR count). The highest BCUT2D eigenvalue weighted by atomic mass is 16.5. The molecule has 0 fully saturated rings. The molecule has 2 N–H and O–H groups in total. The lowest BCUT2D eigenvalue weighted by Crippen LogP contribution is -2.38. The van der Waals surface area contributed by atoms with Crippen molar-refractivity contribution >= 4 is 5.96 Å². The number of rotatable bonds is 11. The molecule has 1 aromatic heterocycles. The molecule has 0 aliphatic rings. The number of benzene rings is 1. The van der Waals surface area contributed by atoms with Crippen molar-refractivity contribution in [2.75, 3.05) is 26.2 Å². The molecule has 1 heterocycles. The quantitative estimate of drug-likeness (QED) is 0.369. The Hall–Kier alpha value is -2.34. The maximum Gasteiger partial charge on any atom is 0.191 e. The number of nitrogens with zero attached hydrogens (tertiary/aromatic N) is 3. The Bertz CT molecular complexity index is 612. The second kappa shape index (κ2) is 12.1. The lowest BCUT2D eigenvalue weighted by molar-refractivity contribution is 0.0945. The number of imidazole rings is 1. The van der Waals surface area contributed by atoms with E-state index in [1.54, 1.807) is 6.20 Å². The topological polar surface area (TPSA) is 63.5 Å². The van der Waals surface area contributed by atoms with Crippen LogP contribution in [0.1, 0.15) is 25.8 Å². The minimum atomic E-state index is 0.375. The van der Waals surface area contributed by atoms with Gasteiger partial charge in [0.2, 0.25) is 0 Å². The van der Waals surface area contributed by atoms with Crippen LogP contribution < -0.4 is 10.6 Å². The maximum atomic E-state index is 5.79. The van der Waals surface area contributed by atoms with Gasteiger partial charge in [-0.15, -0.1) is 0 Å². The molecular formula is C20H31N5O. The van der Waals surface area contributed by atoms with Crippen LogP contribution >= 0.6 is 0 Å². The zero-order chi connectivity index (χ0) is 18.5. The molecule has 1 aromatic carbocycles. The van der Waals surface area contributed by atoms with Gasteiger partial charge in [0.05, 0.1) is 19.5 Å². The molecule has 6 heteroatoms. The third kappa shape index (κ3) is 8.16. The van der Waals surface area contributed by atoms with Gasteiger partial charge in [-0.2, -0.15) is 0 Å². The lowest BCUT2D eigenvalue weighted by atomic mass is 10.2. The maximum absolute atomic E-state index is 5.79. The molecule has 142 valence electrons. The van der Waals surface area contributed by atoms with Gasteiger partial charge in [-0.1, -0.05) is 37.3 Å². The molecule has 0 saturated heterocycles. The summed E-state index contributed by atoms with van der Waals surface area (Å²) in [5.74, 6) is 1.24. The monoisotopic (exact) mass is 357 g/mol. The van der Waals surface area contributed by atoms with Crippen LogP contribution in [0.25, 0.3) is 0 Å². The number of aryl methyl sites for hydroxylation is 1. The van der Waals surface area contributed by atoms with Gasteiger partial charge in [0.1, 0.15) is 0 Å². The Morgan fingerprint density at radius 1 is 1.27 bits per heavy atom. The standard InChI is InChI=1S/C20H31N5O/c1-3-22-20(23-10-7-12-25-13-11-21-17-25)24-14-18(2)15-26-16-19-8-5-4-6-9-19/h4-6,8-9,11,13,17-18H,3,7,10,12,14-16H2,1-2H3,(H2,22,23,24). The minimum Gasteiger partial charge on any atom is -0.376 e. The second-order valence-corrected chi connectivity index (χ2v) is 6.41. The number of hydrogen-bond acceptors (Lipinski definition) is 3.